The molecule has 0 radical (unpaired) electrons. The van der Waals surface area contributed by atoms with E-state index in [2.05, 4.69) is 15.5 Å². The van der Waals surface area contributed by atoms with Crippen molar-refractivity contribution < 1.29 is 19.2 Å². The lowest BCUT2D eigenvalue weighted by molar-refractivity contribution is -0.137. The number of hydrogen-bond acceptors (Lipinski definition) is 5. The summed E-state index contributed by atoms with van der Waals surface area (Å²) >= 11 is 5.87. The van der Waals surface area contributed by atoms with Gasteiger partial charge in [0.05, 0.1) is 12.5 Å². The predicted octanol–water partition coefficient (Wildman–Crippen LogP) is 3.65. The number of hydrogen-bond donors (Lipinski definition) is 2. The molecule has 1 aromatic carbocycles. The Kier molecular flexibility index (Phi) is 6.45. The van der Waals surface area contributed by atoms with Crippen LogP contribution in [0, 0.1) is 0 Å². The van der Waals surface area contributed by atoms with E-state index >= 15 is 0 Å². The smallest absolute Gasteiger partial charge is 0.305 e. The number of carbonyl (C=O) groups is 2. The molecule has 1 atom stereocenters. The molecule has 0 bridgehead atoms. The van der Waals surface area contributed by atoms with Gasteiger partial charge in [0, 0.05) is 23.8 Å². The summed E-state index contributed by atoms with van der Waals surface area (Å²) in [5, 5.41) is 16.5. The second-order valence-electron chi connectivity index (χ2n) is 6.80. The third-order valence-electron chi connectivity index (χ3n) is 4.76. The first-order valence-corrected chi connectivity index (χ1v) is 9.48. The molecule has 1 aliphatic rings. The van der Waals surface area contributed by atoms with Gasteiger partial charge >= 0.3 is 5.97 Å². The maximum atomic E-state index is 12.3. The van der Waals surface area contributed by atoms with E-state index in [-0.39, 0.29) is 18.7 Å². The number of carbonyl (C=O) groups excluding carboxylic acids is 1. The Labute approximate surface area is 162 Å². The first kappa shape index (κ1) is 19.4. The minimum atomic E-state index is -0.992. The van der Waals surface area contributed by atoms with Crippen molar-refractivity contribution >= 4 is 23.5 Å². The van der Waals surface area contributed by atoms with Gasteiger partial charge in [-0.2, -0.15) is 4.98 Å². The number of carboxylic acid groups (broad SMARTS) is 1. The average molecular weight is 392 g/mol. The lowest BCUT2D eigenvalue weighted by Gasteiger charge is -2.17. The number of halogens is 1. The summed E-state index contributed by atoms with van der Waals surface area (Å²) in [7, 11) is 0. The first-order valence-electron chi connectivity index (χ1n) is 9.10. The Morgan fingerprint density at radius 3 is 2.63 bits per heavy atom. The Balaban J connectivity index is 1.55. The molecule has 144 valence electrons. The van der Waals surface area contributed by atoms with Gasteiger partial charge in [-0.15, -0.1) is 0 Å². The zero-order valence-corrected chi connectivity index (χ0v) is 15.6. The van der Waals surface area contributed by atoms with E-state index in [1.165, 1.54) is 12.8 Å². The minimum absolute atomic E-state index is 0.149. The fourth-order valence-corrected chi connectivity index (χ4v) is 3.45. The molecule has 0 spiro atoms. The Hall–Kier alpha value is -2.41. The molecule has 3 rings (SSSR count). The van der Waals surface area contributed by atoms with E-state index in [1.807, 2.05) is 0 Å². The lowest BCUT2D eigenvalue weighted by atomic mass is 10.0. The van der Waals surface area contributed by atoms with E-state index in [4.69, 9.17) is 21.2 Å². The van der Waals surface area contributed by atoms with Gasteiger partial charge in [-0.05, 0) is 30.5 Å². The number of aryl methyl sites for hydroxylation is 1. The zero-order chi connectivity index (χ0) is 19.2. The maximum Gasteiger partial charge on any atom is 0.305 e. The van der Waals surface area contributed by atoms with E-state index in [1.54, 1.807) is 24.3 Å². The van der Waals surface area contributed by atoms with E-state index < -0.39 is 12.0 Å². The number of aromatic nitrogens is 2. The number of rotatable bonds is 8. The monoisotopic (exact) mass is 391 g/mol. The number of carboxylic acids is 1. The minimum Gasteiger partial charge on any atom is -0.481 e. The van der Waals surface area contributed by atoms with Crippen LogP contribution >= 0.6 is 11.6 Å². The lowest BCUT2D eigenvalue weighted by Crippen LogP contribution is -2.30. The summed E-state index contributed by atoms with van der Waals surface area (Å²) in [6.45, 7) is 0. The highest BCUT2D eigenvalue weighted by Gasteiger charge is 2.23. The molecular weight excluding hydrogens is 370 g/mol. The van der Waals surface area contributed by atoms with Gasteiger partial charge in [0.2, 0.25) is 11.8 Å². The van der Waals surface area contributed by atoms with Crippen LogP contribution in [0.1, 0.15) is 67.8 Å². The zero-order valence-electron chi connectivity index (χ0n) is 14.9. The molecule has 0 unspecified atom stereocenters. The summed E-state index contributed by atoms with van der Waals surface area (Å²) in [6, 6.07) is 6.13. The van der Waals surface area contributed by atoms with E-state index in [0.717, 1.165) is 18.7 Å². The SMILES string of the molecule is O=C(O)C[C@H](NC(=O)CCc1nc(C2CCCC2)no1)c1ccc(Cl)cc1. The Morgan fingerprint density at radius 2 is 1.96 bits per heavy atom. The number of amides is 1. The Bertz CT molecular complexity index is 785. The van der Waals surface area contributed by atoms with Crippen LogP contribution in [0.15, 0.2) is 28.8 Å². The molecule has 8 heteroatoms. The standard InChI is InChI=1S/C19H22ClN3O4/c20-14-7-5-12(6-8-14)15(11-18(25)26)21-16(24)9-10-17-22-19(23-27-17)13-3-1-2-4-13/h5-8,13,15H,1-4,9-11H2,(H,21,24)(H,25,26)/t15-/m0/s1. The maximum absolute atomic E-state index is 12.3. The molecule has 1 fully saturated rings. The van der Waals surface area contributed by atoms with Crippen molar-refractivity contribution in [3.63, 3.8) is 0 Å². The molecule has 1 aromatic heterocycles. The van der Waals surface area contributed by atoms with Crippen LogP contribution in [-0.4, -0.2) is 27.1 Å². The highest BCUT2D eigenvalue weighted by atomic mass is 35.5. The predicted molar refractivity (Wildman–Crippen MR) is 98.4 cm³/mol. The van der Waals surface area contributed by atoms with Gasteiger partial charge in [-0.25, -0.2) is 0 Å². The molecule has 1 saturated carbocycles. The van der Waals surface area contributed by atoms with E-state index in [9.17, 15) is 9.59 Å². The second kappa shape index (κ2) is 8.99. The van der Waals surface area contributed by atoms with Crippen LogP contribution in [0.4, 0.5) is 0 Å². The highest BCUT2D eigenvalue weighted by Crippen LogP contribution is 2.32. The van der Waals surface area contributed by atoms with Gasteiger partial charge in [-0.1, -0.05) is 41.7 Å². The van der Waals surface area contributed by atoms with Crippen molar-refractivity contribution in [3.8, 4) is 0 Å². The van der Waals surface area contributed by atoms with Gasteiger partial charge in [-0.3, -0.25) is 9.59 Å². The van der Waals surface area contributed by atoms with Crippen molar-refractivity contribution in [2.24, 2.45) is 0 Å². The van der Waals surface area contributed by atoms with Crippen LogP contribution in [-0.2, 0) is 16.0 Å². The number of nitrogens with one attached hydrogen (secondary N) is 1. The molecule has 0 saturated heterocycles. The van der Waals surface area contributed by atoms with Crippen molar-refractivity contribution in [3.05, 3.63) is 46.6 Å². The van der Waals surface area contributed by atoms with Crippen LogP contribution < -0.4 is 5.32 Å². The number of aliphatic carboxylic acids is 1. The average Bonchev–Trinajstić information content (AvgIpc) is 3.31. The van der Waals surface area contributed by atoms with Crippen LogP contribution in [0.5, 0.6) is 0 Å². The van der Waals surface area contributed by atoms with Gasteiger partial charge in [0.15, 0.2) is 5.82 Å². The molecule has 1 aliphatic carbocycles. The third-order valence-corrected chi connectivity index (χ3v) is 5.01. The van der Waals surface area contributed by atoms with E-state index in [0.29, 0.717) is 28.8 Å². The van der Waals surface area contributed by atoms with Crippen LogP contribution in [0.3, 0.4) is 0 Å². The molecule has 2 aromatic rings. The normalized spacial score (nSPS) is 15.6. The summed E-state index contributed by atoms with van der Waals surface area (Å²) < 4.78 is 5.24. The molecule has 2 N–H and O–H groups in total. The molecule has 0 aliphatic heterocycles. The quantitative estimate of drug-likeness (QED) is 0.711. The molecular formula is C19H22ClN3O4. The topological polar surface area (TPSA) is 105 Å². The Morgan fingerprint density at radius 1 is 1.26 bits per heavy atom. The third kappa shape index (κ3) is 5.53. The highest BCUT2D eigenvalue weighted by molar-refractivity contribution is 6.30. The summed E-state index contributed by atoms with van der Waals surface area (Å²) in [6.07, 6.45) is 4.80. The summed E-state index contributed by atoms with van der Waals surface area (Å²) in [5.74, 6) is 0.271. The molecule has 1 amide bonds. The van der Waals surface area contributed by atoms with Gasteiger partial charge in [0.25, 0.3) is 0 Å². The molecule has 1 heterocycles. The van der Waals surface area contributed by atoms with Gasteiger partial charge in [0.1, 0.15) is 0 Å². The van der Waals surface area contributed by atoms with Gasteiger partial charge < -0.3 is 14.9 Å². The van der Waals surface area contributed by atoms with Crippen LogP contribution in [0.2, 0.25) is 5.02 Å². The largest absolute Gasteiger partial charge is 0.481 e. The van der Waals surface area contributed by atoms with Crippen molar-refractivity contribution in [1.82, 2.24) is 15.5 Å². The fraction of sp³-hybridized carbons (Fsp3) is 0.474. The fourth-order valence-electron chi connectivity index (χ4n) is 3.33. The summed E-state index contributed by atoms with van der Waals surface area (Å²) in [4.78, 5) is 27.8. The van der Waals surface area contributed by atoms with Crippen molar-refractivity contribution in [2.75, 3.05) is 0 Å². The number of benzene rings is 1. The molecule has 27 heavy (non-hydrogen) atoms. The number of nitrogens with zero attached hydrogens (tertiary/aromatic N) is 2. The summed E-state index contributed by atoms with van der Waals surface area (Å²) in [5.41, 5.74) is 0.691. The van der Waals surface area contributed by atoms with Crippen molar-refractivity contribution in [1.29, 1.82) is 0 Å². The first-order chi connectivity index (χ1) is 13.0. The van der Waals surface area contributed by atoms with Crippen LogP contribution in [0.25, 0.3) is 0 Å². The molecule has 7 nitrogen and oxygen atoms in total. The second-order valence-corrected chi connectivity index (χ2v) is 7.23. The van der Waals surface area contributed by atoms with Crippen molar-refractivity contribution in [2.45, 2.75) is 56.9 Å².